The van der Waals surface area contributed by atoms with Gasteiger partial charge in [-0.1, -0.05) is 52.3 Å². The van der Waals surface area contributed by atoms with Crippen LogP contribution in [-0.2, 0) is 32.6 Å². The summed E-state index contributed by atoms with van der Waals surface area (Å²) < 4.78 is 26.7. The van der Waals surface area contributed by atoms with Crippen molar-refractivity contribution in [1.29, 1.82) is 0 Å². The molecule has 0 saturated carbocycles. The topological polar surface area (TPSA) is 85.7 Å². The van der Waals surface area contributed by atoms with Crippen molar-refractivity contribution in [2.24, 2.45) is 5.92 Å². The van der Waals surface area contributed by atoms with Gasteiger partial charge in [0.25, 0.3) is 5.91 Å². The van der Waals surface area contributed by atoms with Crippen LogP contribution in [-0.4, -0.2) is 52.6 Å². The van der Waals surface area contributed by atoms with Crippen LogP contribution in [0.3, 0.4) is 0 Å². The van der Waals surface area contributed by atoms with Gasteiger partial charge in [0.05, 0.1) is 35.2 Å². The SMILES string of the molecule is CCCCOCCOc1ccc(-c2ccc3c(c2)C=C(C(=O)Nc2ccc([S@](=O)Cc4cncn4CCC)cc2)CCCN3CC(C)C)cc1. The Bertz CT molecular complexity index is 1730. The Morgan fingerprint density at radius 1 is 0.960 bits per heavy atom. The normalized spacial score (nSPS) is 13.7. The fourth-order valence-corrected chi connectivity index (χ4v) is 7.24. The Balaban J connectivity index is 1.30. The number of imidazole rings is 1. The quantitative estimate of drug-likeness (QED) is 0.111. The first-order valence-electron chi connectivity index (χ1n) is 18.0. The van der Waals surface area contributed by atoms with E-state index < -0.39 is 10.8 Å². The van der Waals surface area contributed by atoms with Gasteiger partial charge in [-0.25, -0.2) is 4.98 Å². The third-order valence-electron chi connectivity index (χ3n) is 8.69. The predicted molar refractivity (Wildman–Crippen MR) is 205 cm³/mol. The highest BCUT2D eigenvalue weighted by Gasteiger charge is 2.20. The molecule has 1 aliphatic heterocycles. The van der Waals surface area contributed by atoms with Gasteiger partial charge in [0.1, 0.15) is 12.4 Å². The summed E-state index contributed by atoms with van der Waals surface area (Å²) in [5, 5.41) is 3.10. The molecular weight excluding hydrogens is 645 g/mol. The first kappa shape index (κ1) is 37.1. The van der Waals surface area contributed by atoms with Crippen molar-refractivity contribution < 1.29 is 18.5 Å². The number of unbranched alkanes of at least 4 members (excludes halogenated alkanes) is 1. The molecule has 0 spiro atoms. The molecule has 0 aliphatic carbocycles. The molecule has 9 heteroatoms. The first-order chi connectivity index (χ1) is 24.3. The van der Waals surface area contributed by atoms with Crippen LogP contribution in [0.1, 0.15) is 71.1 Å². The van der Waals surface area contributed by atoms with E-state index in [9.17, 15) is 9.00 Å². The van der Waals surface area contributed by atoms with Crippen molar-refractivity contribution in [3.8, 4) is 16.9 Å². The van der Waals surface area contributed by atoms with Gasteiger partial charge in [-0.2, -0.15) is 0 Å². The van der Waals surface area contributed by atoms with E-state index in [4.69, 9.17) is 9.47 Å². The third-order valence-corrected chi connectivity index (χ3v) is 10.0. The Hall–Kier alpha value is -4.21. The summed E-state index contributed by atoms with van der Waals surface area (Å²) in [7, 11) is -1.21. The number of aromatic nitrogens is 2. The van der Waals surface area contributed by atoms with Gasteiger partial charge in [-0.3, -0.25) is 9.00 Å². The fraction of sp³-hybridized carbons (Fsp3) is 0.415. The number of carbonyl (C=O) groups excluding carboxylic acids is 1. The fourth-order valence-electron chi connectivity index (χ4n) is 6.13. The highest BCUT2D eigenvalue weighted by atomic mass is 32.2. The maximum Gasteiger partial charge on any atom is 0.251 e. The maximum absolute atomic E-state index is 13.7. The number of hydrogen-bond acceptors (Lipinski definition) is 6. The van der Waals surface area contributed by atoms with Crippen LogP contribution in [0, 0.1) is 5.92 Å². The van der Waals surface area contributed by atoms with E-state index in [1.807, 2.05) is 36.4 Å². The zero-order valence-corrected chi connectivity index (χ0v) is 30.8. The Morgan fingerprint density at radius 3 is 2.48 bits per heavy atom. The lowest BCUT2D eigenvalue weighted by Crippen LogP contribution is -2.30. The largest absolute Gasteiger partial charge is 0.491 e. The van der Waals surface area contributed by atoms with Crippen molar-refractivity contribution in [2.45, 2.75) is 77.0 Å². The van der Waals surface area contributed by atoms with Crippen LogP contribution >= 0.6 is 0 Å². The Morgan fingerprint density at radius 2 is 1.74 bits per heavy atom. The number of carbonyl (C=O) groups is 1. The highest BCUT2D eigenvalue weighted by molar-refractivity contribution is 7.84. The summed E-state index contributed by atoms with van der Waals surface area (Å²) in [4.78, 5) is 21.1. The van der Waals surface area contributed by atoms with E-state index in [0.717, 1.165) is 96.2 Å². The predicted octanol–water partition coefficient (Wildman–Crippen LogP) is 8.74. The lowest BCUT2D eigenvalue weighted by atomic mass is 9.96. The number of ether oxygens (including phenoxy) is 2. The minimum Gasteiger partial charge on any atom is -0.491 e. The number of nitrogens with one attached hydrogen (secondary N) is 1. The summed E-state index contributed by atoms with van der Waals surface area (Å²) in [6.07, 6.45) is 10.4. The van der Waals surface area contributed by atoms with Gasteiger partial charge in [0, 0.05) is 54.3 Å². The number of rotatable bonds is 17. The highest BCUT2D eigenvalue weighted by Crippen LogP contribution is 2.33. The molecule has 0 unspecified atom stereocenters. The molecule has 266 valence electrons. The third kappa shape index (κ3) is 10.4. The molecule has 0 radical (unpaired) electrons. The molecule has 0 bridgehead atoms. The van der Waals surface area contributed by atoms with Crippen molar-refractivity contribution in [3.05, 3.63) is 96.1 Å². The molecule has 50 heavy (non-hydrogen) atoms. The molecule has 0 fully saturated rings. The van der Waals surface area contributed by atoms with Crippen LogP contribution in [0.4, 0.5) is 11.4 Å². The van der Waals surface area contributed by atoms with Crippen molar-refractivity contribution in [1.82, 2.24) is 9.55 Å². The molecule has 8 nitrogen and oxygen atoms in total. The number of anilines is 2. The molecule has 4 aromatic rings. The maximum atomic E-state index is 13.7. The lowest BCUT2D eigenvalue weighted by Gasteiger charge is -2.30. The van der Waals surface area contributed by atoms with E-state index in [0.29, 0.717) is 37.0 Å². The molecule has 1 aliphatic rings. The molecule has 1 amide bonds. The van der Waals surface area contributed by atoms with Gasteiger partial charge in [0.2, 0.25) is 0 Å². The van der Waals surface area contributed by atoms with Crippen molar-refractivity contribution >= 4 is 34.2 Å². The number of benzene rings is 3. The number of hydrogen-bond donors (Lipinski definition) is 1. The summed E-state index contributed by atoms with van der Waals surface area (Å²) in [5.74, 6) is 1.62. The minimum absolute atomic E-state index is 0.115. The molecule has 0 saturated heterocycles. The van der Waals surface area contributed by atoms with Gasteiger partial charge >= 0.3 is 0 Å². The second kappa shape index (κ2) is 18.7. The van der Waals surface area contributed by atoms with Gasteiger partial charge in [0.15, 0.2) is 0 Å². The second-order valence-electron chi connectivity index (χ2n) is 13.3. The molecule has 3 aromatic carbocycles. The summed E-state index contributed by atoms with van der Waals surface area (Å²) in [6.45, 7) is 13.3. The van der Waals surface area contributed by atoms with Crippen molar-refractivity contribution in [2.75, 3.05) is 43.1 Å². The Kier molecular flexibility index (Phi) is 13.9. The van der Waals surface area contributed by atoms with Crippen LogP contribution in [0.25, 0.3) is 17.2 Å². The summed E-state index contributed by atoms with van der Waals surface area (Å²) in [6, 6.07) is 22.1. The van der Waals surface area contributed by atoms with E-state index >= 15 is 0 Å². The van der Waals surface area contributed by atoms with Gasteiger partial charge in [-0.05, 0) is 103 Å². The average Bonchev–Trinajstić information content (AvgIpc) is 3.54. The van der Waals surface area contributed by atoms with Gasteiger partial charge < -0.3 is 24.3 Å². The molecular formula is C41H52N4O4S. The Labute approximate surface area is 300 Å². The van der Waals surface area contributed by atoms with Crippen LogP contribution in [0.15, 0.2) is 89.7 Å². The van der Waals surface area contributed by atoms with Crippen LogP contribution < -0.4 is 15.0 Å². The number of nitrogens with zero attached hydrogens (tertiary/aromatic N) is 3. The number of aryl methyl sites for hydroxylation is 1. The molecule has 2 heterocycles. The van der Waals surface area contributed by atoms with Gasteiger partial charge in [-0.15, -0.1) is 0 Å². The second-order valence-corrected chi connectivity index (χ2v) is 14.7. The van der Waals surface area contributed by atoms with Crippen molar-refractivity contribution in [3.63, 3.8) is 0 Å². The zero-order chi connectivity index (χ0) is 35.3. The smallest absolute Gasteiger partial charge is 0.251 e. The first-order valence-corrected chi connectivity index (χ1v) is 19.4. The lowest BCUT2D eigenvalue weighted by molar-refractivity contribution is -0.112. The molecule has 1 atom stereocenters. The van der Waals surface area contributed by atoms with E-state index in [1.54, 1.807) is 12.5 Å². The molecule has 1 N–H and O–H groups in total. The van der Waals surface area contributed by atoms with Crippen LogP contribution in [0.2, 0.25) is 0 Å². The van der Waals surface area contributed by atoms with E-state index in [1.165, 1.54) is 0 Å². The molecule has 1 aromatic heterocycles. The number of amides is 1. The monoisotopic (exact) mass is 696 g/mol. The number of fused-ring (bicyclic) bond motifs is 1. The molecule has 5 rings (SSSR count). The minimum atomic E-state index is -1.21. The standard InChI is InChI=1S/C41H52N4O4S/c1-5-7-22-48-23-24-49-38-15-10-32(11-16-38)33-12-19-40-35(25-33)26-34(9-8-21-44(40)28-31(3)4)41(46)43-36-13-17-39(18-14-36)50(47)29-37-27-42-30-45(37)20-6-2/h10-19,25-27,30-31H,5-9,20-24,28-29H2,1-4H3,(H,43,46)/t50-/m1/s1. The van der Waals surface area contributed by atoms with E-state index in [-0.39, 0.29) is 5.91 Å². The summed E-state index contributed by atoms with van der Waals surface area (Å²) >= 11 is 0. The van der Waals surface area contributed by atoms with Crippen LogP contribution in [0.5, 0.6) is 5.75 Å². The zero-order valence-electron chi connectivity index (χ0n) is 30.0. The van der Waals surface area contributed by atoms with E-state index in [2.05, 4.69) is 83.9 Å². The average molecular weight is 697 g/mol. The summed E-state index contributed by atoms with van der Waals surface area (Å²) in [5.41, 5.74) is 6.73.